The summed E-state index contributed by atoms with van der Waals surface area (Å²) in [5.74, 6) is 0. The van der Waals surface area contributed by atoms with E-state index in [2.05, 4.69) is 10.4 Å². The Hall–Kier alpha value is -1.98. The molecule has 122 valence electrons. The number of hydrogen-bond acceptors (Lipinski definition) is 6. The van der Waals surface area contributed by atoms with Gasteiger partial charge in [0.2, 0.25) is 15.0 Å². The summed E-state index contributed by atoms with van der Waals surface area (Å²) in [5, 5.41) is 10.3. The molecular weight excluding hydrogens is 319 g/mol. The molecule has 2 heterocycles. The highest BCUT2D eigenvalue weighted by Gasteiger charge is 2.51. The van der Waals surface area contributed by atoms with Gasteiger partial charge in [-0.1, -0.05) is 30.3 Å². The van der Waals surface area contributed by atoms with Gasteiger partial charge in [-0.05, 0) is 19.4 Å². The Labute approximate surface area is 134 Å². The van der Waals surface area contributed by atoms with Crippen LogP contribution in [0.2, 0.25) is 0 Å². The summed E-state index contributed by atoms with van der Waals surface area (Å²) < 4.78 is 37.7. The van der Waals surface area contributed by atoms with E-state index in [9.17, 15) is 12.8 Å². The predicted molar refractivity (Wildman–Crippen MR) is 83.5 cm³/mol. The average Bonchev–Trinajstić information content (AvgIpc) is 3.09. The lowest BCUT2D eigenvalue weighted by Crippen LogP contribution is -2.46. The van der Waals surface area contributed by atoms with Crippen LogP contribution in [0.15, 0.2) is 35.3 Å². The van der Waals surface area contributed by atoms with Crippen LogP contribution >= 0.6 is 0 Å². The van der Waals surface area contributed by atoms with E-state index in [-0.39, 0.29) is 17.6 Å². The molecule has 1 fully saturated rings. The molecule has 0 saturated carbocycles. The zero-order valence-electron chi connectivity index (χ0n) is 12.8. The van der Waals surface area contributed by atoms with Gasteiger partial charge in [0.25, 0.3) is 0 Å². The molecule has 8 heteroatoms. The van der Waals surface area contributed by atoms with Gasteiger partial charge in [-0.15, -0.1) is 0 Å². The molecule has 3 rings (SSSR count). The lowest BCUT2D eigenvalue weighted by Gasteiger charge is -2.24. The van der Waals surface area contributed by atoms with E-state index in [1.54, 1.807) is 6.07 Å². The minimum atomic E-state index is -3.99. The van der Waals surface area contributed by atoms with Crippen LogP contribution in [0.5, 0.6) is 0 Å². The summed E-state index contributed by atoms with van der Waals surface area (Å²) in [6.45, 7) is 2.61. The summed E-state index contributed by atoms with van der Waals surface area (Å²) in [5.41, 5.74) is 3.60. The number of nitrogens with zero attached hydrogens (tertiary/aromatic N) is 3. The smallest absolute Gasteiger partial charge is 0.234 e. The number of nitriles is 1. The highest BCUT2D eigenvalue weighted by Crippen LogP contribution is 2.39. The van der Waals surface area contributed by atoms with Crippen molar-refractivity contribution >= 4 is 15.0 Å². The quantitative estimate of drug-likeness (QED) is 0.888. The normalized spacial score (nSPS) is 27.9. The van der Waals surface area contributed by atoms with Crippen molar-refractivity contribution in [2.75, 3.05) is 0 Å². The van der Waals surface area contributed by atoms with Gasteiger partial charge in [-0.3, -0.25) is 5.43 Å². The summed E-state index contributed by atoms with van der Waals surface area (Å²) >= 11 is 0. The second-order valence-electron chi connectivity index (χ2n) is 6.17. The number of nitrogens with one attached hydrogen (secondary N) is 1. The van der Waals surface area contributed by atoms with Crippen LogP contribution in [0.25, 0.3) is 0 Å². The fraction of sp³-hybridized carbons (Fsp3) is 0.467. The van der Waals surface area contributed by atoms with Crippen LogP contribution in [-0.4, -0.2) is 35.7 Å². The highest BCUT2D eigenvalue weighted by atomic mass is 32.2. The molecule has 0 aromatic heterocycles. The van der Waals surface area contributed by atoms with Crippen molar-refractivity contribution in [3.63, 3.8) is 0 Å². The maximum Gasteiger partial charge on any atom is 0.234 e. The Balaban J connectivity index is 1.92. The van der Waals surface area contributed by atoms with E-state index < -0.39 is 26.9 Å². The van der Waals surface area contributed by atoms with Gasteiger partial charge in [0.05, 0.1) is 12.1 Å². The van der Waals surface area contributed by atoms with E-state index in [1.807, 2.05) is 30.3 Å². The fourth-order valence-corrected chi connectivity index (χ4v) is 3.83. The molecule has 1 aromatic carbocycles. The lowest BCUT2D eigenvalue weighted by atomic mass is 10.1. The van der Waals surface area contributed by atoms with Crippen molar-refractivity contribution in [1.29, 1.82) is 5.26 Å². The van der Waals surface area contributed by atoms with Crippen LogP contribution in [0.3, 0.4) is 0 Å². The van der Waals surface area contributed by atoms with Crippen molar-refractivity contribution in [2.45, 2.75) is 43.4 Å². The number of hydrazine groups is 1. The lowest BCUT2D eigenvalue weighted by molar-refractivity contribution is 0.160. The molecule has 0 amide bonds. The molecule has 0 bridgehead atoms. The summed E-state index contributed by atoms with van der Waals surface area (Å²) in [4.78, 5) is 4.01. The number of alkyl halides is 1. The van der Waals surface area contributed by atoms with Crippen LogP contribution in [0.4, 0.5) is 4.39 Å². The van der Waals surface area contributed by atoms with Crippen LogP contribution < -0.4 is 5.43 Å². The first-order chi connectivity index (χ1) is 10.8. The van der Waals surface area contributed by atoms with Gasteiger partial charge >= 0.3 is 0 Å². The minimum absolute atomic E-state index is 0.236. The maximum absolute atomic E-state index is 14.3. The molecule has 0 aliphatic carbocycles. The Morgan fingerprint density at radius 2 is 2.04 bits per heavy atom. The van der Waals surface area contributed by atoms with E-state index in [0.29, 0.717) is 0 Å². The van der Waals surface area contributed by atoms with Gasteiger partial charge in [-0.2, -0.15) is 10.3 Å². The van der Waals surface area contributed by atoms with Gasteiger partial charge in [0.15, 0.2) is 10.9 Å². The van der Waals surface area contributed by atoms with Crippen molar-refractivity contribution in [3.8, 4) is 6.07 Å². The number of hydrogen-bond donors (Lipinski definition) is 1. The number of sulfone groups is 1. The molecule has 6 nitrogen and oxygen atoms in total. The topological polar surface area (TPSA) is 85.6 Å². The summed E-state index contributed by atoms with van der Waals surface area (Å²) in [6.07, 6.45) is -1.93. The molecule has 2 aliphatic rings. The van der Waals surface area contributed by atoms with E-state index in [0.717, 1.165) is 5.56 Å². The van der Waals surface area contributed by atoms with E-state index in [1.165, 1.54) is 18.9 Å². The third-order valence-electron chi connectivity index (χ3n) is 4.25. The minimum Gasteiger partial charge on any atom is -0.291 e. The molecular formula is C15H17FN4O2S. The Morgan fingerprint density at radius 1 is 1.39 bits per heavy atom. The molecule has 1 unspecified atom stereocenters. The van der Waals surface area contributed by atoms with Gasteiger partial charge < -0.3 is 0 Å². The van der Waals surface area contributed by atoms with E-state index >= 15 is 0 Å². The second-order valence-corrected chi connectivity index (χ2v) is 8.58. The van der Waals surface area contributed by atoms with Gasteiger partial charge in [-0.25, -0.2) is 17.8 Å². The first kappa shape index (κ1) is 15.9. The van der Waals surface area contributed by atoms with Crippen molar-refractivity contribution in [1.82, 2.24) is 10.4 Å². The van der Waals surface area contributed by atoms with Crippen molar-refractivity contribution in [2.24, 2.45) is 4.99 Å². The number of amidine groups is 1. The second kappa shape index (κ2) is 5.28. The third kappa shape index (κ3) is 2.40. The zero-order chi connectivity index (χ0) is 16.8. The standard InChI is InChI=1S/C15H17FN4O2S/c1-15(2,9-17)23(21,22)14-18-13-11(16)8-12(20(13)19-14)10-6-4-3-5-7-10/h3-7,11-13H,8H2,1-2H3,(H,18,19)/t11-,12-,13?/m0/s1. The van der Waals surface area contributed by atoms with E-state index in [4.69, 9.17) is 5.26 Å². The predicted octanol–water partition coefficient (Wildman–Crippen LogP) is 1.69. The SMILES string of the molecule is CC(C)(C#N)S(=O)(=O)C1=NC2[C@@H](F)C[C@@H](c3ccccc3)N2N1. The molecule has 23 heavy (non-hydrogen) atoms. The monoisotopic (exact) mass is 336 g/mol. The van der Waals surface area contributed by atoms with Gasteiger partial charge in [0.1, 0.15) is 6.17 Å². The van der Waals surface area contributed by atoms with Gasteiger partial charge in [0, 0.05) is 6.42 Å². The number of benzene rings is 1. The van der Waals surface area contributed by atoms with Crippen LogP contribution in [-0.2, 0) is 9.84 Å². The fourth-order valence-electron chi connectivity index (χ4n) is 2.76. The summed E-state index contributed by atoms with van der Waals surface area (Å²) in [7, 11) is -3.99. The average molecular weight is 336 g/mol. The Kier molecular flexibility index (Phi) is 3.65. The number of halogens is 1. The molecule has 1 N–H and O–H groups in total. The van der Waals surface area contributed by atoms with Crippen LogP contribution in [0, 0.1) is 11.3 Å². The first-order valence-corrected chi connectivity index (χ1v) is 8.74. The molecule has 0 radical (unpaired) electrons. The molecule has 1 aromatic rings. The molecule has 1 saturated heterocycles. The zero-order valence-corrected chi connectivity index (χ0v) is 13.6. The van der Waals surface area contributed by atoms with Crippen LogP contribution in [0.1, 0.15) is 31.9 Å². The number of fused-ring (bicyclic) bond motifs is 1. The number of aliphatic imine (C=N–C) groups is 1. The maximum atomic E-state index is 14.3. The number of rotatable bonds is 2. The summed E-state index contributed by atoms with van der Waals surface area (Å²) in [6, 6.07) is 10.8. The molecule has 0 spiro atoms. The largest absolute Gasteiger partial charge is 0.291 e. The Morgan fingerprint density at radius 3 is 2.65 bits per heavy atom. The highest BCUT2D eigenvalue weighted by molar-refractivity contribution is 8.07. The molecule has 2 aliphatic heterocycles. The molecule has 3 atom stereocenters. The van der Waals surface area contributed by atoms with Crippen molar-refractivity contribution in [3.05, 3.63) is 35.9 Å². The Bertz CT molecular complexity index is 785. The third-order valence-corrected chi connectivity index (χ3v) is 6.39. The van der Waals surface area contributed by atoms with Crippen molar-refractivity contribution < 1.29 is 12.8 Å². The first-order valence-electron chi connectivity index (χ1n) is 7.25.